The molecule has 0 aromatic rings. The van der Waals surface area contributed by atoms with Crippen molar-refractivity contribution >= 4 is 69.6 Å². The first-order chi connectivity index (χ1) is 19.8. The van der Waals surface area contributed by atoms with E-state index in [1.807, 2.05) is 27.7 Å². The molecule has 0 heterocycles. The Morgan fingerprint density at radius 1 is 0.708 bits per heavy atom. The molecule has 3 N–H and O–H groups in total. The van der Waals surface area contributed by atoms with E-state index in [0.29, 0.717) is 30.7 Å². The van der Waals surface area contributed by atoms with E-state index in [0.717, 1.165) is 12.8 Å². The molecule has 0 unspecified atom stereocenters. The van der Waals surface area contributed by atoms with Crippen molar-refractivity contribution in [2.45, 2.75) is 170 Å². The average molecular weight is 772 g/mol. The monoisotopic (exact) mass is 770 g/mol. The van der Waals surface area contributed by atoms with Crippen molar-refractivity contribution in [2.75, 3.05) is 20.8 Å². The number of rotatable bonds is 12. The van der Waals surface area contributed by atoms with Crippen molar-refractivity contribution in [3.63, 3.8) is 0 Å². The van der Waals surface area contributed by atoms with Gasteiger partial charge < -0.3 is 34.7 Å². The number of aliphatic hydroxyl groups excluding tert-OH is 1. The topological polar surface area (TPSA) is 149 Å². The molecule has 0 rings (SSSR count). The summed E-state index contributed by atoms with van der Waals surface area (Å²) in [7, 11) is 1.31. The Bertz CT molecular complexity index is 775. The SMILES string of the molecule is C.C.CC(C)(C)[Si](C)(C)Cl.CC[C@H](CCCC(=O)OC)NC(=O)OC(C)(C)C.COC(=O)CCC[C@@H](CO)NC(=O)OC(C)(C)C.S.S. The predicted molar refractivity (Wildman–Crippen MR) is 213 cm³/mol. The molecule has 0 fully saturated rings. The lowest BCUT2D eigenvalue weighted by atomic mass is 10.1. The molecule has 0 aliphatic rings. The molecule has 0 spiro atoms. The van der Waals surface area contributed by atoms with Crippen LogP contribution in [0.5, 0.6) is 0 Å². The first-order valence-electron chi connectivity index (χ1n) is 15.2. The highest BCUT2D eigenvalue weighted by Crippen LogP contribution is 2.38. The van der Waals surface area contributed by atoms with E-state index < -0.39 is 36.8 Å². The molecule has 0 aliphatic heterocycles. The molecule has 2 amide bonds. The van der Waals surface area contributed by atoms with Gasteiger partial charge in [0.15, 0.2) is 7.38 Å². The highest BCUT2D eigenvalue weighted by molar-refractivity contribution is 7.59. The Labute approximate surface area is 313 Å². The van der Waals surface area contributed by atoms with E-state index in [9.17, 15) is 19.2 Å². The predicted octanol–water partition coefficient (Wildman–Crippen LogP) is 8.58. The Morgan fingerprint density at radius 3 is 1.23 bits per heavy atom. The number of halogens is 1. The van der Waals surface area contributed by atoms with E-state index >= 15 is 0 Å². The molecule has 11 nitrogen and oxygen atoms in total. The van der Waals surface area contributed by atoms with Gasteiger partial charge in [-0.1, -0.05) is 55.6 Å². The number of aliphatic hydroxyl groups is 1. The maximum Gasteiger partial charge on any atom is 0.407 e. The highest BCUT2D eigenvalue weighted by atomic mass is 35.6. The maximum atomic E-state index is 11.6. The van der Waals surface area contributed by atoms with Gasteiger partial charge in [-0.15, -0.1) is 0 Å². The number of amides is 2. The number of nitrogens with one attached hydrogen (secondary N) is 2. The Kier molecular flexibility index (Phi) is 39.3. The van der Waals surface area contributed by atoms with Crippen LogP contribution in [0.25, 0.3) is 0 Å². The van der Waals surface area contributed by atoms with Crippen LogP contribution >= 0.6 is 38.1 Å². The summed E-state index contributed by atoms with van der Waals surface area (Å²) in [6.07, 6.45) is 2.93. The summed E-state index contributed by atoms with van der Waals surface area (Å²) in [5, 5.41) is 14.8. The van der Waals surface area contributed by atoms with Gasteiger partial charge in [0.2, 0.25) is 0 Å². The second kappa shape index (κ2) is 30.5. The summed E-state index contributed by atoms with van der Waals surface area (Å²) >= 11 is 6.15. The Hall–Kier alpha value is -1.35. The summed E-state index contributed by atoms with van der Waals surface area (Å²) in [5.74, 6) is -0.522. The van der Waals surface area contributed by atoms with Crippen molar-refractivity contribution in [3.8, 4) is 0 Å². The lowest BCUT2D eigenvalue weighted by Gasteiger charge is -2.29. The van der Waals surface area contributed by atoms with Gasteiger partial charge in [0, 0.05) is 18.9 Å². The fourth-order valence-electron chi connectivity index (χ4n) is 2.73. The van der Waals surface area contributed by atoms with Crippen molar-refractivity contribution in [1.29, 1.82) is 0 Å². The van der Waals surface area contributed by atoms with Crippen LogP contribution in [0.1, 0.15) is 129 Å². The third-order valence-electron chi connectivity index (χ3n) is 6.26. The van der Waals surface area contributed by atoms with Gasteiger partial charge in [-0.25, -0.2) is 9.59 Å². The smallest absolute Gasteiger partial charge is 0.407 e. The van der Waals surface area contributed by atoms with Gasteiger partial charge in [0.1, 0.15) is 11.2 Å². The van der Waals surface area contributed by atoms with E-state index in [1.54, 1.807) is 20.8 Å². The molecule has 0 aromatic heterocycles. The van der Waals surface area contributed by atoms with Crippen molar-refractivity contribution in [2.24, 2.45) is 0 Å². The van der Waals surface area contributed by atoms with E-state index in [2.05, 4.69) is 54.0 Å². The fraction of sp³-hybridized carbons (Fsp3) is 0.879. The molecule has 15 heteroatoms. The third-order valence-corrected chi connectivity index (χ3v) is 11.5. The molecular weight excluding hydrogens is 696 g/mol. The summed E-state index contributed by atoms with van der Waals surface area (Å²) in [6, 6.07) is -0.381. The van der Waals surface area contributed by atoms with Crippen molar-refractivity contribution in [1.82, 2.24) is 10.6 Å². The van der Waals surface area contributed by atoms with Crippen LogP contribution in [0.15, 0.2) is 0 Å². The van der Waals surface area contributed by atoms with Gasteiger partial charge in [-0.05, 0) is 78.7 Å². The van der Waals surface area contributed by atoms with Crippen molar-refractivity contribution < 1.29 is 43.2 Å². The minimum Gasteiger partial charge on any atom is -0.469 e. The quantitative estimate of drug-likeness (QED) is 0.0768. The minimum absolute atomic E-state index is 0. The largest absolute Gasteiger partial charge is 0.469 e. The van der Waals surface area contributed by atoms with Gasteiger partial charge in [0.25, 0.3) is 0 Å². The summed E-state index contributed by atoms with van der Waals surface area (Å²) in [4.78, 5) is 44.9. The van der Waals surface area contributed by atoms with Gasteiger partial charge in [-0.2, -0.15) is 38.1 Å². The fourth-order valence-corrected chi connectivity index (χ4v) is 2.73. The van der Waals surface area contributed by atoms with Crippen LogP contribution in [0.4, 0.5) is 9.59 Å². The molecule has 0 radical (unpaired) electrons. The maximum absolute atomic E-state index is 11.6. The van der Waals surface area contributed by atoms with E-state index in [4.69, 9.17) is 25.7 Å². The number of ether oxygens (including phenoxy) is 4. The second-order valence-electron chi connectivity index (χ2n) is 13.9. The average Bonchev–Trinajstić information content (AvgIpc) is 2.84. The molecular formula is C33H75ClN2O9S2Si. The minimum atomic E-state index is -1.39. The molecule has 2 atom stereocenters. The van der Waals surface area contributed by atoms with Crippen LogP contribution in [0.2, 0.25) is 18.1 Å². The third kappa shape index (κ3) is 40.8. The first-order valence-corrected chi connectivity index (χ1v) is 19.2. The van der Waals surface area contributed by atoms with Gasteiger partial charge >= 0.3 is 24.1 Å². The summed E-state index contributed by atoms with van der Waals surface area (Å²) in [6.45, 7) is 23.5. The number of carbonyl (C=O) groups is 4. The number of alkyl carbamates (subject to hydrolysis) is 2. The van der Waals surface area contributed by atoms with Crippen molar-refractivity contribution in [3.05, 3.63) is 0 Å². The lowest BCUT2D eigenvalue weighted by Crippen LogP contribution is -2.41. The van der Waals surface area contributed by atoms with Crippen LogP contribution in [-0.4, -0.2) is 80.7 Å². The van der Waals surface area contributed by atoms with Crippen LogP contribution in [-0.2, 0) is 28.5 Å². The molecule has 0 aliphatic carbocycles. The number of esters is 2. The zero-order valence-corrected chi connectivity index (χ0v) is 34.7. The molecule has 0 saturated carbocycles. The molecule has 294 valence electrons. The molecule has 0 saturated heterocycles. The van der Waals surface area contributed by atoms with E-state index in [1.165, 1.54) is 14.2 Å². The normalized spacial score (nSPS) is 11.9. The number of carbonyl (C=O) groups excluding carboxylic acids is 4. The summed E-state index contributed by atoms with van der Waals surface area (Å²) in [5.41, 5.74) is -1.06. The van der Waals surface area contributed by atoms with Crippen LogP contribution in [0.3, 0.4) is 0 Å². The molecule has 0 aromatic carbocycles. The second-order valence-corrected chi connectivity index (χ2v) is 21.2. The number of methoxy groups -OCH3 is 2. The van der Waals surface area contributed by atoms with Gasteiger partial charge in [0.05, 0.1) is 26.9 Å². The number of hydrogen-bond donors (Lipinski definition) is 3. The standard InChI is InChI=1S/C13H25NO4.C12H23NO5.C6H15ClSi.2CH4.2H2S/c1-6-10(8-7-9-11(15)17-5)14-12(16)18-13(2,3)4;1-12(2,3)18-11(16)13-9(8-14)6-5-7-10(15)17-4;1-6(2,3)8(4,5)7;;;;/h10H,6-9H2,1-5H3,(H,14,16);9,14H,5-8H2,1-4H3,(H,13,16);1-5H3;2*1H4;2*1H2/t10-;9-;;;;;/m10...../s1. The number of hydrogen-bond acceptors (Lipinski definition) is 9. The van der Waals surface area contributed by atoms with Crippen LogP contribution in [0, 0.1) is 0 Å². The van der Waals surface area contributed by atoms with Gasteiger partial charge in [-0.3, -0.25) is 9.59 Å². The molecule has 48 heavy (non-hydrogen) atoms. The molecule has 0 bridgehead atoms. The first kappa shape index (κ1) is 61.8. The highest BCUT2D eigenvalue weighted by Gasteiger charge is 2.32. The zero-order chi connectivity index (χ0) is 35.4. The summed E-state index contributed by atoms with van der Waals surface area (Å²) < 4.78 is 19.3. The Balaban J connectivity index is -0.000000107. The van der Waals surface area contributed by atoms with Crippen LogP contribution < -0.4 is 10.6 Å². The lowest BCUT2D eigenvalue weighted by molar-refractivity contribution is -0.141. The Morgan fingerprint density at radius 2 is 1.00 bits per heavy atom. The van der Waals surface area contributed by atoms with E-state index in [-0.39, 0.29) is 72.9 Å². The zero-order valence-electron chi connectivity index (χ0n) is 30.9.